The van der Waals surface area contributed by atoms with Gasteiger partial charge in [-0.25, -0.2) is 4.98 Å². The predicted octanol–water partition coefficient (Wildman–Crippen LogP) is 2.25. The van der Waals surface area contributed by atoms with Crippen molar-refractivity contribution < 1.29 is 5.11 Å². The van der Waals surface area contributed by atoms with Crippen LogP contribution in [0.2, 0.25) is 0 Å². The van der Waals surface area contributed by atoms with Gasteiger partial charge in [-0.3, -0.25) is 0 Å². The van der Waals surface area contributed by atoms with Gasteiger partial charge in [0.05, 0.1) is 11.1 Å². The summed E-state index contributed by atoms with van der Waals surface area (Å²) in [5.74, 6) is 0. The highest BCUT2D eigenvalue weighted by Crippen LogP contribution is 2.17. The minimum Gasteiger partial charge on any atom is -0.388 e. The molecule has 3 heteroatoms. The minimum atomic E-state index is -0.367. The van der Waals surface area contributed by atoms with Crippen LogP contribution in [0.1, 0.15) is 25.0 Å². The van der Waals surface area contributed by atoms with Gasteiger partial charge in [0.25, 0.3) is 0 Å². The number of rotatable bonds is 3. The summed E-state index contributed by atoms with van der Waals surface area (Å²) in [4.78, 5) is 4.17. The van der Waals surface area contributed by atoms with Crippen molar-refractivity contribution in [2.75, 3.05) is 6.26 Å². The topological polar surface area (TPSA) is 33.1 Å². The normalized spacial score (nSPS) is 12.9. The highest BCUT2D eigenvalue weighted by molar-refractivity contribution is 7.98. The van der Waals surface area contributed by atoms with E-state index >= 15 is 0 Å². The van der Waals surface area contributed by atoms with Crippen molar-refractivity contribution in [1.29, 1.82) is 0 Å². The Labute approximate surface area is 77.0 Å². The van der Waals surface area contributed by atoms with Gasteiger partial charge < -0.3 is 5.11 Å². The number of pyridine rings is 1. The van der Waals surface area contributed by atoms with Crippen molar-refractivity contribution in [2.45, 2.75) is 24.5 Å². The van der Waals surface area contributed by atoms with E-state index in [4.69, 9.17) is 0 Å². The zero-order valence-corrected chi connectivity index (χ0v) is 8.14. The second-order valence-corrected chi connectivity index (χ2v) is 3.38. The van der Waals surface area contributed by atoms with E-state index in [-0.39, 0.29) is 6.10 Å². The number of hydrogen-bond acceptors (Lipinski definition) is 3. The number of hydrogen-bond donors (Lipinski definition) is 1. The summed E-state index contributed by atoms with van der Waals surface area (Å²) in [5, 5.41) is 10.4. The Bertz CT molecular complexity index is 235. The van der Waals surface area contributed by atoms with Crippen molar-refractivity contribution in [3.63, 3.8) is 0 Å². The molecule has 0 fully saturated rings. The fourth-order valence-corrected chi connectivity index (χ4v) is 1.31. The second-order valence-electron chi connectivity index (χ2n) is 2.56. The Morgan fingerprint density at radius 2 is 2.33 bits per heavy atom. The van der Waals surface area contributed by atoms with Crippen LogP contribution in [-0.2, 0) is 0 Å². The van der Waals surface area contributed by atoms with Crippen LogP contribution in [0.15, 0.2) is 23.4 Å². The van der Waals surface area contributed by atoms with Gasteiger partial charge in [0.15, 0.2) is 0 Å². The standard InChI is InChI=1S/C9H13NOS/c1-3-8(11)7-4-5-9(12-2)10-6-7/h4-6,8,11H,3H2,1-2H3/t8-/m0/s1. The largest absolute Gasteiger partial charge is 0.388 e. The monoisotopic (exact) mass is 183 g/mol. The molecule has 1 N–H and O–H groups in total. The van der Waals surface area contributed by atoms with Crippen molar-refractivity contribution in [3.8, 4) is 0 Å². The minimum absolute atomic E-state index is 0.367. The van der Waals surface area contributed by atoms with Gasteiger partial charge in [0.2, 0.25) is 0 Å². The molecule has 1 atom stereocenters. The molecule has 1 aromatic heterocycles. The van der Waals surface area contributed by atoms with Crippen LogP contribution in [-0.4, -0.2) is 16.3 Å². The smallest absolute Gasteiger partial charge is 0.0957 e. The first kappa shape index (κ1) is 9.55. The Balaban J connectivity index is 2.77. The van der Waals surface area contributed by atoms with Crippen LogP contribution in [0.5, 0.6) is 0 Å². The number of aliphatic hydroxyl groups excluding tert-OH is 1. The number of aliphatic hydroxyl groups is 1. The lowest BCUT2D eigenvalue weighted by atomic mass is 10.1. The van der Waals surface area contributed by atoms with E-state index in [1.165, 1.54) is 0 Å². The van der Waals surface area contributed by atoms with Crippen molar-refractivity contribution in [1.82, 2.24) is 4.98 Å². The first-order valence-corrected chi connectivity index (χ1v) is 5.18. The SMILES string of the molecule is CC[C@H](O)c1ccc(SC)nc1. The van der Waals surface area contributed by atoms with E-state index in [0.29, 0.717) is 0 Å². The van der Waals surface area contributed by atoms with Gasteiger partial charge in [-0.05, 0) is 24.3 Å². The highest BCUT2D eigenvalue weighted by Gasteiger charge is 2.03. The molecule has 0 radical (unpaired) electrons. The molecule has 0 saturated carbocycles. The summed E-state index contributed by atoms with van der Waals surface area (Å²) in [7, 11) is 0. The molecule has 1 rings (SSSR count). The van der Waals surface area contributed by atoms with Crippen molar-refractivity contribution in [3.05, 3.63) is 23.9 Å². The number of aromatic nitrogens is 1. The molecule has 0 aromatic carbocycles. The Morgan fingerprint density at radius 1 is 1.58 bits per heavy atom. The third-order valence-corrected chi connectivity index (χ3v) is 2.40. The molecule has 0 saturated heterocycles. The molecule has 0 aliphatic heterocycles. The van der Waals surface area contributed by atoms with E-state index in [1.807, 2.05) is 25.3 Å². The lowest BCUT2D eigenvalue weighted by Gasteiger charge is -2.06. The molecule has 0 bridgehead atoms. The van der Waals surface area contributed by atoms with E-state index < -0.39 is 0 Å². The molecule has 1 aromatic rings. The maximum absolute atomic E-state index is 9.45. The Kier molecular flexibility index (Phi) is 3.56. The fraction of sp³-hybridized carbons (Fsp3) is 0.444. The first-order valence-electron chi connectivity index (χ1n) is 3.96. The number of thioether (sulfide) groups is 1. The summed E-state index contributed by atoms with van der Waals surface area (Å²) in [5.41, 5.74) is 0.898. The average molecular weight is 183 g/mol. The molecule has 0 aliphatic rings. The highest BCUT2D eigenvalue weighted by atomic mass is 32.2. The lowest BCUT2D eigenvalue weighted by Crippen LogP contribution is -1.95. The summed E-state index contributed by atoms with van der Waals surface area (Å²) in [6.45, 7) is 1.95. The summed E-state index contributed by atoms with van der Waals surface area (Å²) in [6, 6.07) is 3.85. The van der Waals surface area contributed by atoms with Gasteiger partial charge in [0, 0.05) is 6.20 Å². The van der Waals surface area contributed by atoms with Crippen LogP contribution < -0.4 is 0 Å². The summed E-state index contributed by atoms with van der Waals surface area (Å²) >= 11 is 1.60. The zero-order valence-electron chi connectivity index (χ0n) is 7.32. The Hall–Kier alpha value is -0.540. The van der Waals surface area contributed by atoms with Gasteiger partial charge in [0.1, 0.15) is 0 Å². The molecule has 0 spiro atoms. The maximum Gasteiger partial charge on any atom is 0.0957 e. The van der Waals surface area contributed by atoms with Gasteiger partial charge >= 0.3 is 0 Å². The van der Waals surface area contributed by atoms with Crippen LogP contribution in [0.25, 0.3) is 0 Å². The van der Waals surface area contributed by atoms with Crippen LogP contribution >= 0.6 is 11.8 Å². The predicted molar refractivity (Wildman–Crippen MR) is 51.3 cm³/mol. The van der Waals surface area contributed by atoms with Gasteiger partial charge in [-0.15, -0.1) is 11.8 Å². The first-order chi connectivity index (χ1) is 5.77. The number of nitrogens with zero attached hydrogens (tertiary/aromatic N) is 1. The Morgan fingerprint density at radius 3 is 2.75 bits per heavy atom. The molecular formula is C9H13NOS. The van der Waals surface area contributed by atoms with E-state index in [9.17, 15) is 5.11 Å². The van der Waals surface area contributed by atoms with E-state index in [1.54, 1.807) is 18.0 Å². The molecule has 0 unspecified atom stereocenters. The lowest BCUT2D eigenvalue weighted by molar-refractivity contribution is 0.173. The van der Waals surface area contributed by atoms with E-state index in [0.717, 1.165) is 17.0 Å². The molecule has 1 heterocycles. The molecular weight excluding hydrogens is 170 g/mol. The quantitative estimate of drug-likeness (QED) is 0.730. The zero-order chi connectivity index (χ0) is 8.97. The van der Waals surface area contributed by atoms with Gasteiger partial charge in [-0.2, -0.15) is 0 Å². The molecule has 66 valence electrons. The second kappa shape index (κ2) is 4.48. The van der Waals surface area contributed by atoms with Crippen molar-refractivity contribution >= 4 is 11.8 Å². The molecule has 0 aliphatic carbocycles. The van der Waals surface area contributed by atoms with Crippen molar-refractivity contribution in [2.24, 2.45) is 0 Å². The van der Waals surface area contributed by atoms with Gasteiger partial charge in [-0.1, -0.05) is 13.0 Å². The van der Waals surface area contributed by atoms with Crippen LogP contribution in [0, 0.1) is 0 Å². The fourth-order valence-electron chi connectivity index (χ4n) is 0.945. The third kappa shape index (κ3) is 2.22. The van der Waals surface area contributed by atoms with Crippen LogP contribution in [0.4, 0.5) is 0 Å². The van der Waals surface area contributed by atoms with Crippen LogP contribution in [0.3, 0.4) is 0 Å². The molecule has 12 heavy (non-hydrogen) atoms. The molecule has 2 nitrogen and oxygen atoms in total. The molecule has 0 amide bonds. The average Bonchev–Trinajstić information content (AvgIpc) is 2.17. The summed E-state index contributed by atoms with van der Waals surface area (Å²) < 4.78 is 0. The summed E-state index contributed by atoms with van der Waals surface area (Å²) in [6.07, 6.45) is 4.09. The maximum atomic E-state index is 9.45. The van der Waals surface area contributed by atoms with E-state index in [2.05, 4.69) is 4.98 Å². The third-order valence-electron chi connectivity index (χ3n) is 1.74.